The molecule has 0 radical (unpaired) electrons. The van der Waals surface area contributed by atoms with Gasteiger partial charge in [0.2, 0.25) is 0 Å². The number of hydrogen-bond donors (Lipinski definition) is 2. The number of nitrogens with one attached hydrogen (secondary N) is 2. The lowest BCUT2D eigenvalue weighted by atomic mass is 9.63. The van der Waals surface area contributed by atoms with Crippen LogP contribution in [0.4, 0.5) is 0 Å². The normalized spacial score (nSPS) is 27.5. The van der Waals surface area contributed by atoms with E-state index in [0.29, 0.717) is 31.9 Å². The van der Waals surface area contributed by atoms with E-state index in [4.69, 9.17) is 46.4 Å². The Hall–Kier alpha value is -0.480. The van der Waals surface area contributed by atoms with E-state index >= 15 is 0 Å². The van der Waals surface area contributed by atoms with Crippen LogP contribution in [0.1, 0.15) is 90.2 Å². The molecule has 2 aromatic carbocycles. The minimum Gasteiger partial charge on any atom is -0.316 e. The number of rotatable bonds is 8. The molecule has 2 fully saturated rings. The van der Waals surface area contributed by atoms with E-state index in [0.717, 1.165) is 26.2 Å². The first-order chi connectivity index (χ1) is 18.2. The third-order valence-electron chi connectivity index (χ3n) is 9.28. The van der Waals surface area contributed by atoms with Gasteiger partial charge in [-0.1, -0.05) is 112 Å². The fraction of sp³-hybridized carbons (Fsp3) is 0.625. The summed E-state index contributed by atoms with van der Waals surface area (Å²) in [6.07, 6.45) is 10.4. The minimum atomic E-state index is 0.211. The van der Waals surface area contributed by atoms with Crippen LogP contribution in [0.3, 0.4) is 0 Å². The van der Waals surface area contributed by atoms with Gasteiger partial charge >= 0.3 is 0 Å². The number of benzene rings is 2. The largest absolute Gasteiger partial charge is 0.316 e. The Labute approximate surface area is 251 Å². The summed E-state index contributed by atoms with van der Waals surface area (Å²) in [5.41, 5.74) is 3.11. The molecule has 6 heteroatoms. The average Bonchev–Trinajstić information content (AvgIpc) is 2.91. The highest BCUT2D eigenvalue weighted by molar-refractivity contribution is 6.42. The molecule has 0 heterocycles. The molecule has 0 aliphatic heterocycles. The lowest BCUT2D eigenvalue weighted by Crippen LogP contribution is -2.45. The van der Waals surface area contributed by atoms with E-state index in [1.807, 2.05) is 12.1 Å². The Morgan fingerprint density at radius 1 is 0.632 bits per heavy atom. The monoisotopic (exact) mass is 598 g/mol. The molecule has 2 N–H and O–H groups in total. The van der Waals surface area contributed by atoms with Crippen molar-refractivity contribution in [3.8, 4) is 0 Å². The number of hydrogen-bond acceptors (Lipinski definition) is 2. The van der Waals surface area contributed by atoms with E-state index in [9.17, 15) is 0 Å². The molecule has 4 atom stereocenters. The van der Waals surface area contributed by atoms with Crippen LogP contribution in [-0.2, 0) is 10.8 Å². The lowest BCUT2D eigenvalue weighted by Gasteiger charge is -2.44. The Morgan fingerprint density at radius 2 is 1.03 bits per heavy atom. The fourth-order valence-electron chi connectivity index (χ4n) is 6.72. The van der Waals surface area contributed by atoms with Gasteiger partial charge in [0.15, 0.2) is 0 Å². The maximum absolute atomic E-state index is 6.22. The Balaban J connectivity index is 0.000000211. The maximum atomic E-state index is 6.22. The standard InChI is InChI=1S/2C16H23Cl2N/c2*1-3-19-11-16(9-5-4-6-12(16)2)13-7-8-14(17)15(18)10-13/h2*7-8,10,12,19H,3-6,9,11H2,1-2H3/t2*12-,16+/m10/s1. The Bertz CT molecular complexity index is 947. The lowest BCUT2D eigenvalue weighted by molar-refractivity contribution is 0.194. The van der Waals surface area contributed by atoms with E-state index in [1.54, 1.807) is 0 Å². The highest BCUT2D eigenvalue weighted by Gasteiger charge is 2.40. The predicted octanol–water partition coefficient (Wildman–Crippen LogP) is 10.1. The topological polar surface area (TPSA) is 24.1 Å². The van der Waals surface area contributed by atoms with Gasteiger partial charge in [0.05, 0.1) is 20.1 Å². The molecule has 0 amide bonds. The quantitative estimate of drug-likeness (QED) is 0.315. The zero-order chi connectivity index (χ0) is 27.8. The van der Waals surface area contributed by atoms with Gasteiger partial charge in [-0.3, -0.25) is 0 Å². The molecule has 2 saturated carbocycles. The van der Waals surface area contributed by atoms with Crippen molar-refractivity contribution in [1.82, 2.24) is 10.6 Å². The SMILES string of the molecule is CCNC[C@@]1(c2ccc(Cl)c(Cl)c2)CCCC[C@H]1C.CCNC[C@]1(c2ccc(Cl)c(Cl)c2)CCCC[C@@H]1C. The van der Waals surface area contributed by atoms with Gasteiger partial charge in [0.1, 0.15) is 0 Å². The summed E-state index contributed by atoms with van der Waals surface area (Å²) in [4.78, 5) is 0. The van der Waals surface area contributed by atoms with E-state index < -0.39 is 0 Å². The van der Waals surface area contributed by atoms with Crippen molar-refractivity contribution >= 4 is 46.4 Å². The van der Waals surface area contributed by atoms with Crippen LogP contribution >= 0.6 is 46.4 Å². The molecule has 2 aliphatic carbocycles. The first-order valence-corrected chi connectivity index (χ1v) is 16.0. The molecule has 0 bridgehead atoms. The molecular formula is C32H46Cl4N2. The summed E-state index contributed by atoms with van der Waals surface area (Å²) in [5.74, 6) is 1.36. The number of likely N-dealkylation sites (N-methyl/N-ethyl adjacent to an activating group) is 2. The Morgan fingerprint density at radius 3 is 1.34 bits per heavy atom. The van der Waals surface area contributed by atoms with Gasteiger partial charge in [-0.25, -0.2) is 0 Å². The van der Waals surface area contributed by atoms with Crippen molar-refractivity contribution in [3.63, 3.8) is 0 Å². The summed E-state index contributed by atoms with van der Waals surface area (Å²) in [5, 5.41) is 9.73. The van der Waals surface area contributed by atoms with Crippen LogP contribution in [0.2, 0.25) is 20.1 Å². The van der Waals surface area contributed by atoms with Crippen LogP contribution in [0.5, 0.6) is 0 Å². The molecule has 38 heavy (non-hydrogen) atoms. The zero-order valence-corrected chi connectivity index (χ0v) is 26.6. The van der Waals surface area contributed by atoms with Gasteiger partial charge in [0.25, 0.3) is 0 Å². The minimum absolute atomic E-state index is 0.211. The van der Waals surface area contributed by atoms with Crippen LogP contribution in [0, 0.1) is 11.8 Å². The molecule has 0 unspecified atom stereocenters. The molecule has 4 rings (SSSR count). The van der Waals surface area contributed by atoms with Gasteiger partial charge in [0, 0.05) is 23.9 Å². The summed E-state index contributed by atoms with van der Waals surface area (Å²) in [6, 6.07) is 12.3. The van der Waals surface area contributed by atoms with E-state index in [1.165, 1.54) is 62.5 Å². The van der Waals surface area contributed by atoms with Crippen LogP contribution < -0.4 is 10.6 Å². The van der Waals surface area contributed by atoms with E-state index in [-0.39, 0.29) is 10.8 Å². The first kappa shape index (κ1) is 32.0. The molecule has 2 aromatic rings. The van der Waals surface area contributed by atoms with Gasteiger partial charge < -0.3 is 10.6 Å². The Kier molecular flexibility index (Phi) is 12.6. The zero-order valence-electron chi connectivity index (χ0n) is 23.6. The van der Waals surface area contributed by atoms with Crippen molar-refractivity contribution in [2.75, 3.05) is 26.2 Å². The van der Waals surface area contributed by atoms with Gasteiger partial charge in [-0.15, -0.1) is 0 Å². The average molecular weight is 601 g/mol. The molecule has 0 spiro atoms. The first-order valence-electron chi connectivity index (χ1n) is 14.5. The molecule has 2 nitrogen and oxygen atoms in total. The third kappa shape index (κ3) is 7.42. The van der Waals surface area contributed by atoms with Crippen molar-refractivity contribution in [2.45, 2.75) is 89.9 Å². The maximum Gasteiger partial charge on any atom is 0.0595 e. The van der Waals surface area contributed by atoms with Crippen LogP contribution in [-0.4, -0.2) is 26.2 Å². The summed E-state index contributed by atoms with van der Waals surface area (Å²) in [6.45, 7) is 13.2. The molecular weight excluding hydrogens is 554 g/mol. The smallest absolute Gasteiger partial charge is 0.0595 e. The highest BCUT2D eigenvalue weighted by Crippen LogP contribution is 2.45. The molecule has 212 valence electrons. The highest BCUT2D eigenvalue weighted by atomic mass is 35.5. The predicted molar refractivity (Wildman–Crippen MR) is 169 cm³/mol. The van der Waals surface area contributed by atoms with Crippen LogP contribution in [0.15, 0.2) is 36.4 Å². The summed E-state index contributed by atoms with van der Waals surface area (Å²) >= 11 is 24.6. The molecule has 0 aromatic heterocycles. The fourth-order valence-corrected chi connectivity index (χ4v) is 7.32. The summed E-state index contributed by atoms with van der Waals surface area (Å²) < 4.78 is 0. The second kappa shape index (κ2) is 14.9. The van der Waals surface area contributed by atoms with Crippen molar-refractivity contribution in [3.05, 3.63) is 67.6 Å². The van der Waals surface area contributed by atoms with Crippen molar-refractivity contribution < 1.29 is 0 Å². The second-order valence-electron chi connectivity index (χ2n) is 11.4. The van der Waals surface area contributed by atoms with Crippen molar-refractivity contribution in [2.24, 2.45) is 11.8 Å². The summed E-state index contributed by atoms with van der Waals surface area (Å²) in [7, 11) is 0. The third-order valence-corrected chi connectivity index (χ3v) is 10.8. The molecule has 2 aliphatic rings. The van der Waals surface area contributed by atoms with Gasteiger partial charge in [-0.2, -0.15) is 0 Å². The van der Waals surface area contributed by atoms with E-state index in [2.05, 4.69) is 62.6 Å². The second-order valence-corrected chi connectivity index (χ2v) is 13.1. The molecule has 0 saturated heterocycles. The number of halogens is 4. The van der Waals surface area contributed by atoms with Gasteiger partial charge in [-0.05, 0) is 86.0 Å². The van der Waals surface area contributed by atoms with Crippen molar-refractivity contribution in [1.29, 1.82) is 0 Å². The van der Waals surface area contributed by atoms with Crippen LogP contribution in [0.25, 0.3) is 0 Å².